The Balaban J connectivity index is 1.76. The highest BCUT2D eigenvalue weighted by atomic mass is 19.1. The number of methoxy groups -OCH3 is 1. The van der Waals surface area contributed by atoms with E-state index in [-0.39, 0.29) is 11.7 Å². The van der Waals surface area contributed by atoms with E-state index in [2.05, 4.69) is 12.1 Å². The molecule has 2 aromatic carbocycles. The highest BCUT2D eigenvalue weighted by Crippen LogP contribution is 2.28. The summed E-state index contributed by atoms with van der Waals surface area (Å²) in [6.07, 6.45) is 3.17. The van der Waals surface area contributed by atoms with Crippen molar-refractivity contribution in [2.75, 3.05) is 20.2 Å². The molecule has 3 rings (SSSR count). The molecule has 1 saturated heterocycles. The highest BCUT2D eigenvalue weighted by Gasteiger charge is 2.24. The van der Waals surface area contributed by atoms with Crippen molar-refractivity contribution in [3.05, 3.63) is 65.5 Å². The van der Waals surface area contributed by atoms with Crippen LogP contribution in [0.25, 0.3) is 0 Å². The Kier molecular flexibility index (Phi) is 5.14. The molecule has 1 unspecified atom stereocenters. The molecule has 1 atom stereocenters. The summed E-state index contributed by atoms with van der Waals surface area (Å²) in [5.74, 6) is 0.823. The van der Waals surface area contributed by atoms with Gasteiger partial charge in [0.1, 0.15) is 11.6 Å². The molecule has 0 saturated carbocycles. The van der Waals surface area contributed by atoms with E-state index in [1.54, 1.807) is 19.2 Å². The van der Waals surface area contributed by atoms with Gasteiger partial charge in [-0.25, -0.2) is 4.39 Å². The first kappa shape index (κ1) is 16.5. The van der Waals surface area contributed by atoms with E-state index in [1.807, 2.05) is 17.0 Å². The number of hydrogen-bond acceptors (Lipinski definition) is 2. The molecular weight excluding hydrogens is 305 g/mol. The zero-order valence-electron chi connectivity index (χ0n) is 13.9. The molecule has 24 heavy (non-hydrogen) atoms. The third-order valence-electron chi connectivity index (χ3n) is 4.64. The van der Waals surface area contributed by atoms with Crippen LogP contribution < -0.4 is 4.74 Å². The summed E-state index contributed by atoms with van der Waals surface area (Å²) in [7, 11) is 1.66. The first-order valence-corrected chi connectivity index (χ1v) is 8.36. The lowest BCUT2D eigenvalue weighted by atomic mass is 9.94. The molecule has 1 aliphatic heterocycles. The lowest BCUT2D eigenvalue weighted by Crippen LogP contribution is -2.34. The predicted octanol–water partition coefficient (Wildman–Crippen LogP) is 4.24. The monoisotopic (exact) mass is 327 g/mol. The Morgan fingerprint density at radius 1 is 1.08 bits per heavy atom. The van der Waals surface area contributed by atoms with Crippen molar-refractivity contribution in [3.63, 3.8) is 0 Å². The molecule has 0 N–H and O–H groups in total. The van der Waals surface area contributed by atoms with Crippen LogP contribution in [0, 0.1) is 5.82 Å². The largest absolute Gasteiger partial charge is 0.497 e. The highest BCUT2D eigenvalue weighted by molar-refractivity contribution is 5.94. The summed E-state index contributed by atoms with van der Waals surface area (Å²) in [5, 5.41) is 0. The van der Waals surface area contributed by atoms with Gasteiger partial charge < -0.3 is 9.64 Å². The Labute approximate surface area is 142 Å². The average Bonchev–Trinajstić information content (AvgIpc) is 2.88. The summed E-state index contributed by atoms with van der Waals surface area (Å²) in [5.41, 5.74) is 1.78. The van der Waals surface area contributed by atoms with Crippen molar-refractivity contribution in [2.45, 2.75) is 25.2 Å². The standard InChI is InChI=1S/C20H22FNO2/c1-24-19-11-7-15(8-12-19)17-4-2-3-13-22(14-17)20(23)16-5-9-18(21)10-6-16/h5-12,17H,2-4,13-14H2,1H3. The Bertz CT molecular complexity index is 682. The minimum atomic E-state index is -0.321. The number of nitrogens with zero attached hydrogens (tertiary/aromatic N) is 1. The normalized spacial score (nSPS) is 18.1. The number of amides is 1. The van der Waals surface area contributed by atoms with Crippen molar-refractivity contribution < 1.29 is 13.9 Å². The smallest absolute Gasteiger partial charge is 0.253 e. The maximum Gasteiger partial charge on any atom is 0.253 e. The van der Waals surface area contributed by atoms with Gasteiger partial charge in [0.25, 0.3) is 5.91 Å². The van der Waals surface area contributed by atoms with Gasteiger partial charge in [-0.1, -0.05) is 18.6 Å². The summed E-state index contributed by atoms with van der Waals surface area (Å²) in [6, 6.07) is 13.9. The molecule has 4 heteroatoms. The fraction of sp³-hybridized carbons (Fsp3) is 0.350. The molecule has 1 aliphatic rings. The van der Waals surface area contributed by atoms with Crippen LogP contribution in [0.1, 0.15) is 41.1 Å². The van der Waals surface area contributed by atoms with Crippen molar-refractivity contribution >= 4 is 5.91 Å². The van der Waals surface area contributed by atoms with Gasteiger partial charge in [0, 0.05) is 24.6 Å². The average molecular weight is 327 g/mol. The summed E-state index contributed by atoms with van der Waals surface area (Å²) in [4.78, 5) is 14.6. The van der Waals surface area contributed by atoms with E-state index in [1.165, 1.54) is 17.7 Å². The van der Waals surface area contributed by atoms with E-state index in [0.29, 0.717) is 18.0 Å². The molecule has 0 aliphatic carbocycles. The van der Waals surface area contributed by atoms with E-state index in [0.717, 1.165) is 31.6 Å². The van der Waals surface area contributed by atoms with Crippen LogP contribution in [0.2, 0.25) is 0 Å². The van der Waals surface area contributed by atoms with Crippen molar-refractivity contribution in [1.82, 2.24) is 4.90 Å². The zero-order valence-corrected chi connectivity index (χ0v) is 13.9. The summed E-state index contributed by atoms with van der Waals surface area (Å²) < 4.78 is 18.3. The van der Waals surface area contributed by atoms with E-state index in [4.69, 9.17) is 4.74 Å². The zero-order chi connectivity index (χ0) is 16.9. The second-order valence-corrected chi connectivity index (χ2v) is 6.22. The molecule has 126 valence electrons. The van der Waals surface area contributed by atoms with Gasteiger partial charge in [-0.05, 0) is 54.8 Å². The van der Waals surface area contributed by atoms with Gasteiger partial charge in [0.05, 0.1) is 7.11 Å². The molecule has 3 nitrogen and oxygen atoms in total. The molecule has 0 radical (unpaired) electrons. The van der Waals surface area contributed by atoms with E-state index < -0.39 is 0 Å². The number of hydrogen-bond donors (Lipinski definition) is 0. The maximum absolute atomic E-state index is 13.1. The van der Waals surface area contributed by atoms with Crippen LogP contribution in [-0.2, 0) is 0 Å². The van der Waals surface area contributed by atoms with Crippen molar-refractivity contribution in [2.24, 2.45) is 0 Å². The molecule has 0 spiro atoms. The van der Waals surface area contributed by atoms with Gasteiger partial charge in [-0.15, -0.1) is 0 Å². The molecule has 0 bridgehead atoms. The Hall–Kier alpha value is -2.36. The van der Waals surface area contributed by atoms with E-state index >= 15 is 0 Å². The van der Waals surface area contributed by atoms with Gasteiger partial charge in [0.2, 0.25) is 0 Å². The van der Waals surface area contributed by atoms with Crippen molar-refractivity contribution in [3.8, 4) is 5.75 Å². The predicted molar refractivity (Wildman–Crippen MR) is 91.9 cm³/mol. The third-order valence-corrected chi connectivity index (χ3v) is 4.64. The van der Waals surface area contributed by atoms with Crippen molar-refractivity contribution in [1.29, 1.82) is 0 Å². The number of halogens is 1. The SMILES string of the molecule is COc1ccc(C2CCCCN(C(=O)c3ccc(F)cc3)C2)cc1. The quantitative estimate of drug-likeness (QED) is 0.844. The Morgan fingerprint density at radius 3 is 2.46 bits per heavy atom. The number of likely N-dealkylation sites (tertiary alicyclic amines) is 1. The van der Waals surface area contributed by atoms with Crippen LogP contribution in [0.3, 0.4) is 0 Å². The van der Waals surface area contributed by atoms with Gasteiger partial charge in [-0.3, -0.25) is 4.79 Å². The molecule has 0 aromatic heterocycles. The second-order valence-electron chi connectivity index (χ2n) is 6.22. The molecular formula is C20H22FNO2. The second kappa shape index (κ2) is 7.47. The first-order chi connectivity index (χ1) is 11.7. The number of rotatable bonds is 3. The van der Waals surface area contributed by atoms with Crippen LogP contribution in [0.15, 0.2) is 48.5 Å². The summed E-state index contributed by atoms with van der Waals surface area (Å²) in [6.45, 7) is 1.45. The molecule has 2 aromatic rings. The number of benzene rings is 2. The number of ether oxygens (including phenoxy) is 1. The van der Waals surface area contributed by atoms with Gasteiger partial charge in [-0.2, -0.15) is 0 Å². The fourth-order valence-electron chi connectivity index (χ4n) is 3.25. The minimum Gasteiger partial charge on any atom is -0.497 e. The summed E-state index contributed by atoms with van der Waals surface area (Å²) >= 11 is 0. The Morgan fingerprint density at radius 2 is 1.79 bits per heavy atom. The van der Waals surface area contributed by atoms with Crippen LogP contribution in [0.5, 0.6) is 5.75 Å². The maximum atomic E-state index is 13.1. The molecule has 1 amide bonds. The van der Waals surface area contributed by atoms with Crippen LogP contribution in [0.4, 0.5) is 4.39 Å². The molecule has 1 heterocycles. The van der Waals surface area contributed by atoms with Crippen LogP contribution >= 0.6 is 0 Å². The minimum absolute atomic E-state index is 0.0181. The fourth-order valence-corrected chi connectivity index (χ4v) is 3.25. The molecule has 1 fully saturated rings. The number of carbonyl (C=O) groups is 1. The van der Waals surface area contributed by atoms with Gasteiger partial charge >= 0.3 is 0 Å². The van der Waals surface area contributed by atoms with Gasteiger partial charge in [0.15, 0.2) is 0 Å². The van der Waals surface area contributed by atoms with E-state index in [9.17, 15) is 9.18 Å². The third kappa shape index (κ3) is 3.75. The first-order valence-electron chi connectivity index (χ1n) is 8.36. The van der Waals surface area contributed by atoms with Crippen LogP contribution in [-0.4, -0.2) is 31.0 Å². The lowest BCUT2D eigenvalue weighted by molar-refractivity contribution is 0.0754. The lowest BCUT2D eigenvalue weighted by Gasteiger charge is -2.25. The topological polar surface area (TPSA) is 29.5 Å². The number of carbonyl (C=O) groups excluding carboxylic acids is 1.